The van der Waals surface area contributed by atoms with Gasteiger partial charge in [0, 0.05) is 25.6 Å². The first kappa shape index (κ1) is 12.9. The van der Waals surface area contributed by atoms with E-state index in [4.69, 9.17) is 0 Å². The van der Waals surface area contributed by atoms with E-state index in [9.17, 15) is 9.59 Å². The van der Waals surface area contributed by atoms with Crippen molar-refractivity contribution in [2.45, 2.75) is 64.5 Å². The highest BCUT2D eigenvalue weighted by molar-refractivity contribution is 5.90. The molecule has 4 heteroatoms. The van der Waals surface area contributed by atoms with Crippen LogP contribution in [0, 0.1) is 5.41 Å². The summed E-state index contributed by atoms with van der Waals surface area (Å²) in [5.74, 6) is 0.387. The summed E-state index contributed by atoms with van der Waals surface area (Å²) in [6.07, 6.45) is 5.82. The first-order valence-corrected chi connectivity index (χ1v) is 7.61. The number of carbonyl (C=O) groups excluding carboxylic acids is 2. The van der Waals surface area contributed by atoms with Crippen molar-refractivity contribution in [3.8, 4) is 0 Å². The van der Waals surface area contributed by atoms with Gasteiger partial charge in [0.2, 0.25) is 11.8 Å². The molecule has 2 aliphatic heterocycles. The molecule has 2 saturated heterocycles. The molecule has 0 aromatic rings. The number of amides is 2. The zero-order chi connectivity index (χ0) is 13.6. The van der Waals surface area contributed by atoms with Crippen LogP contribution in [-0.2, 0) is 9.59 Å². The molecule has 0 spiro atoms. The van der Waals surface area contributed by atoms with Gasteiger partial charge in [0.15, 0.2) is 0 Å². The second-order valence-electron chi connectivity index (χ2n) is 6.92. The average Bonchev–Trinajstić information content (AvgIpc) is 2.93. The summed E-state index contributed by atoms with van der Waals surface area (Å²) < 4.78 is 0. The Morgan fingerprint density at radius 1 is 1.05 bits per heavy atom. The molecule has 3 aliphatic rings. The minimum atomic E-state index is -0.161. The SMILES string of the molecule is CC1(C)CCCC1N1CCC(=O)N2CCCC2C1=O. The number of hydrogen-bond donors (Lipinski definition) is 0. The lowest BCUT2D eigenvalue weighted by Crippen LogP contribution is -2.50. The zero-order valence-corrected chi connectivity index (χ0v) is 12.0. The van der Waals surface area contributed by atoms with Crippen molar-refractivity contribution in [2.75, 3.05) is 13.1 Å². The first-order valence-electron chi connectivity index (χ1n) is 7.61. The van der Waals surface area contributed by atoms with E-state index in [1.807, 2.05) is 9.80 Å². The summed E-state index contributed by atoms with van der Waals surface area (Å²) in [5, 5.41) is 0. The number of nitrogens with zero attached hydrogens (tertiary/aromatic N) is 2. The van der Waals surface area contributed by atoms with E-state index in [1.165, 1.54) is 12.8 Å². The fourth-order valence-electron chi connectivity index (χ4n) is 4.18. The molecule has 106 valence electrons. The lowest BCUT2D eigenvalue weighted by Gasteiger charge is -2.38. The van der Waals surface area contributed by atoms with Gasteiger partial charge in [-0.2, -0.15) is 0 Å². The second-order valence-corrected chi connectivity index (χ2v) is 6.92. The summed E-state index contributed by atoms with van der Waals surface area (Å²) in [4.78, 5) is 28.8. The standard InChI is InChI=1S/C15H24N2O2/c1-15(2)8-3-6-12(15)17-10-7-13(18)16-9-4-5-11(16)14(17)19/h11-12H,3-10H2,1-2H3. The van der Waals surface area contributed by atoms with Gasteiger partial charge in [-0.1, -0.05) is 20.3 Å². The Labute approximate surface area is 115 Å². The van der Waals surface area contributed by atoms with Crippen molar-refractivity contribution in [1.29, 1.82) is 0 Å². The van der Waals surface area contributed by atoms with Crippen molar-refractivity contribution in [2.24, 2.45) is 5.41 Å². The molecular formula is C15H24N2O2. The quantitative estimate of drug-likeness (QED) is 0.724. The lowest BCUT2D eigenvalue weighted by atomic mass is 9.86. The summed E-state index contributed by atoms with van der Waals surface area (Å²) in [7, 11) is 0. The first-order chi connectivity index (χ1) is 9.00. The van der Waals surface area contributed by atoms with Crippen LogP contribution in [0.3, 0.4) is 0 Å². The fraction of sp³-hybridized carbons (Fsp3) is 0.867. The lowest BCUT2D eigenvalue weighted by molar-refractivity contribution is -0.141. The van der Waals surface area contributed by atoms with Crippen molar-refractivity contribution in [3.63, 3.8) is 0 Å². The van der Waals surface area contributed by atoms with Crippen LogP contribution >= 0.6 is 0 Å². The highest BCUT2D eigenvalue weighted by atomic mass is 16.2. The van der Waals surface area contributed by atoms with Crippen LogP contribution in [0.4, 0.5) is 0 Å². The van der Waals surface area contributed by atoms with E-state index in [2.05, 4.69) is 13.8 Å². The normalized spacial score (nSPS) is 34.6. The Morgan fingerprint density at radius 2 is 1.84 bits per heavy atom. The van der Waals surface area contributed by atoms with Crippen molar-refractivity contribution in [3.05, 3.63) is 0 Å². The minimum absolute atomic E-state index is 0.161. The van der Waals surface area contributed by atoms with Gasteiger partial charge >= 0.3 is 0 Å². The number of fused-ring (bicyclic) bond motifs is 1. The minimum Gasteiger partial charge on any atom is -0.337 e. The largest absolute Gasteiger partial charge is 0.337 e. The van der Waals surface area contributed by atoms with Gasteiger partial charge in [-0.05, 0) is 31.1 Å². The molecule has 2 atom stereocenters. The van der Waals surface area contributed by atoms with Crippen molar-refractivity contribution < 1.29 is 9.59 Å². The molecule has 19 heavy (non-hydrogen) atoms. The van der Waals surface area contributed by atoms with Crippen LogP contribution in [-0.4, -0.2) is 46.8 Å². The van der Waals surface area contributed by atoms with Gasteiger partial charge in [-0.25, -0.2) is 0 Å². The van der Waals surface area contributed by atoms with Crippen LogP contribution in [0.25, 0.3) is 0 Å². The highest BCUT2D eigenvalue weighted by Gasteiger charge is 2.46. The maximum Gasteiger partial charge on any atom is 0.245 e. The maximum atomic E-state index is 12.8. The molecule has 1 saturated carbocycles. The summed E-state index contributed by atoms with van der Waals surface area (Å²) in [6, 6.07) is 0.166. The van der Waals surface area contributed by atoms with Crippen LogP contribution in [0.1, 0.15) is 52.4 Å². The predicted molar refractivity (Wildman–Crippen MR) is 72.5 cm³/mol. The summed E-state index contributed by atoms with van der Waals surface area (Å²) >= 11 is 0. The Bertz CT molecular complexity index is 405. The molecule has 0 aromatic carbocycles. The summed E-state index contributed by atoms with van der Waals surface area (Å²) in [6.45, 7) is 5.92. The third-order valence-electron chi connectivity index (χ3n) is 5.28. The van der Waals surface area contributed by atoms with E-state index in [0.29, 0.717) is 19.0 Å². The molecular weight excluding hydrogens is 240 g/mol. The predicted octanol–water partition coefficient (Wildman–Crippen LogP) is 1.79. The molecule has 0 N–H and O–H groups in total. The van der Waals surface area contributed by atoms with Gasteiger partial charge in [0.05, 0.1) is 0 Å². The molecule has 1 aliphatic carbocycles. The molecule has 0 aromatic heterocycles. The Hall–Kier alpha value is -1.06. The van der Waals surface area contributed by atoms with Gasteiger partial charge in [-0.3, -0.25) is 9.59 Å². The topological polar surface area (TPSA) is 40.6 Å². The fourth-order valence-corrected chi connectivity index (χ4v) is 4.18. The van der Waals surface area contributed by atoms with Gasteiger partial charge in [0.25, 0.3) is 0 Å². The van der Waals surface area contributed by atoms with Crippen LogP contribution in [0.5, 0.6) is 0 Å². The average molecular weight is 264 g/mol. The van der Waals surface area contributed by atoms with Gasteiger partial charge < -0.3 is 9.80 Å². The summed E-state index contributed by atoms with van der Waals surface area (Å²) in [5.41, 5.74) is 0.201. The smallest absolute Gasteiger partial charge is 0.245 e. The van der Waals surface area contributed by atoms with E-state index >= 15 is 0 Å². The molecule has 0 bridgehead atoms. The van der Waals surface area contributed by atoms with Crippen molar-refractivity contribution >= 4 is 11.8 Å². The van der Waals surface area contributed by atoms with E-state index in [1.54, 1.807) is 0 Å². The van der Waals surface area contributed by atoms with Crippen molar-refractivity contribution in [1.82, 2.24) is 9.80 Å². The molecule has 3 rings (SSSR count). The molecule has 2 heterocycles. The Morgan fingerprint density at radius 3 is 2.53 bits per heavy atom. The van der Waals surface area contributed by atoms with Crippen LogP contribution in [0.15, 0.2) is 0 Å². The van der Waals surface area contributed by atoms with Gasteiger partial charge in [0.1, 0.15) is 6.04 Å². The third kappa shape index (κ3) is 2.05. The third-order valence-corrected chi connectivity index (χ3v) is 5.28. The monoisotopic (exact) mass is 264 g/mol. The van der Waals surface area contributed by atoms with Crippen LogP contribution in [0.2, 0.25) is 0 Å². The molecule has 3 fully saturated rings. The number of carbonyl (C=O) groups is 2. The number of hydrogen-bond acceptors (Lipinski definition) is 2. The number of rotatable bonds is 1. The molecule has 4 nitrogen and oxygen atoms in total. The van der Waals surface area contributed by atoms with E-state index in [-0.39, 0.29) is 23.3 Å². The highest BCUT2D eigenvalue weighted by Crippen LogP contribution is 2.41. The van der Waals surface area contributed by atoms with Gasteiger partial charge in [-0.15, -0.1) is 0 Å². The maximum absolute atomic E-state index is 12.8. The van der Waals surface area contributed by atoms with E-state index < -0.39 is 0 Å². The Balaban J connectivity index is 1.86. The second kappa shape index (κ2) is 4.50. The van der Waals surface area contributed by atoms with E-state index in [0.717, 1.165) is 25.8 Å². The molecule has 2 unspecified atom stereocenters. The zero-order valence-electron chi connectivity index (χ0n) is 12.0. The Kier molecular flexibility index (Phi) is 3.06. The molecule has 0 radical (unpaired) electrons. The van der Waals surface area contributed by atoms with Crippen LogP contribution < -0.4 is 0 Å². The molecule has 2 amide bonds.